The molecule has 1 nitrogen and oxygen atoms in total. The SMILES string of the molecule is C[C](C)c1cccc(OC(F)(F)F)c1. The van der Waals surface area contributed by atoms with Crippen LogP contribution in [0.1, 0.15) is 19.4 Å². The molecule has 0 saturated carbocycles. The largest absolute Gasteiger partial charge is 0.573 e. The Bertz CT molecular complexity index is 304. The van der Waals surface area contributed by atoms with Gasteiger partial charge in [0.2, 0.25) is 0 Å². The van der Waals surface area contributed by atoms with Crippen molar-refractivity contribution in [1.82, 2.24) is 0 Å². The topological polar surface area (TPSA) is 9.23 Å². The van der Waals surface area contributed by atoms with Crippen LogP contribution in [-0.4, -0.2) is 6.36 Å². The number of halogens is 3. The van der Waals surface area contributed by atoms with Crippen LogP contribution >= 0.6 is 0 Å². The van der Waals surface area contributed by atoms with Gasteiger partial charge in [-0.1, -0.05) is 26.0 Å². The molecule has 0 amide bonds. The van der Waals surface area contributed by atoms with Crippen LogP contribution in [0.5, 0.6) is 5.75 Å². The number of ether oxygens (including phenoxy) is 1. The van der Waals surface area contributed by atoms with E-state index in [-0.39, 0.29) is 5.75 Å². The van der Waals surface area contributed by atoms with Gasteiger partial charge in [-0.05, 0) is 23.6 Å². The predicted molar refractivity (Wildman–Crippen MR) is 46.8 cm³/mol. The number of benzene rings is 1. The molecule has 0 aliphatic heterocycles. The number of hydrogen-bond acceptors (Lipinski definition) is 1. The molecule has 0 heterocycles. The molecule has 0 aromatic heterocycles. The Morgan fingerprint density at radius 3 is 2.36 bits per heavy atom. The summed E-state index contributed by atoms with van der Waals surface area (Å²) in [6, 6.07) is 5.91. The summed E-state index contributed by atoms with van der Waals surface area (Å²) < 4.78 is 39.3. The van der Waals surface area contributed by atoms with Gasteiger partial charge >= 0.3 is 6.36 Å². The van der Waals surface area contributed by atoms with Gasteiger partial charge < -0.3 is 4.74 Å². The molecular weight excluding hydrogens is 193 g/mol. The fourth-order valence-electron chi connectivity index (χ4n) is 1.00. The summed E-state index contributed by atoms with van der Waals surface area (Å²) in [6.45, 7) is 3.65. The monoisotopic (exact) mass is 203 g/mol. The van der Waals surface area contributed by atoms with Crippen molar-refractivity contribution < 1.29 is 17.9 Å². The van der Waals surface area contributed by atoms with Gasteiger partial charge in [0.05, 0.1) is 0 Å². The summed E-state index contributed by atoms with van der Waals surface area (Å²) in [5.41, 5.74) is 0.742. The zero-order valence-corrected chi connectivity index (χ0v) is 7.85. The van der Waals surface area contributed by atoms with Crippen LogP contribution < -0.4 is 4.74 Å². The Morgan fingerprint density at radius 2 is 1.86 bits per heavy atom. The van der Waals surface area contributed by atoms with Crippen LogP contribution in [0.4, 0.5) is 13.2 Å². The molecule has 0 spiro atoms. The number of hydrogen-bond donors (Lipinski definition) is 0. The van der Waals surface area contributed by atoms with E-state index in [1.807, 2.05) is 13.8 Å². The first-order valence-corrected chi connectivity index (χ1v) is 4.05. The Kier molecular flexibility index (Phi) is 3.03. The predicted octanol–water partition coefficient (Wildman–Crippen LogP) is 3.55. The second-order valence-electron chi connectivity index (χ2n) is 3.08. The third kappa shape index (κ3) is 3.28. The van der Waals surface area contributed by atoms with Crippen molar-refractivity contribution in [2.75, 3.05) is 0 Å². The van der Waals surface area contributed by atoms with Crippen LogP contribution in [0.25, 0.3) is 0 Å². The van der Waals surface area contributed by atoms with Crippen molar-refractivity contribution >= 4 is 0 Å². The lowest BCUT2D eigenvalue weighted by atomic mass is 10.0. The highest BCUT2D eigenvalue weighted by molar-refractivity contribution is 5.35. The summed E-state index contributed by atoms with van der Waals surface area (Å²) in [6.07, 6.45) is -4.62. The molecule has 0 aliphatic rings. The van der Waals surface area contributed by atoms with Crippen LogP contribution in [0.15, 0.2) is 24.3 Å². The van der Waals surface area contributed by atoms with Gasteiger partial charge in [0.1, 0.15) is 5.75 Å². The van der Waals surface area contributed by atoms with Gasteiger partial charge in [0.15, 0.2) is 0 Å². The standard InChI is InChI=1S/C10H10F3O/c1-7(2)8-4-3-5-9(6-8)14-10(11,12)13/h3-6H,1-2H3. The van der Waals surface area contributed by atoms with Gasteiger partial charge in [0, 0.05) is 0 Å². The Balaban J connectivity index is 2.84. The van der Waals surface area contributed by atoms with Crippen molar-refractivity contribution in [2.24, 2.45) is 0 Å². The zero-order valence-electron chi connectivity index (χ0n) is 7.85. The third-order valence-electron chi connectivity index (χ3n) is 1.64. The fraction of sp³-hybridized carbons (Fsp3) is 0.300. The minimum atomic E-state index is -4.62. The molecule has 1 aromatic rings. The number of alkyl halides is 3. The van der Waals surface area contributed by atoms with Gasteiger partial charge in [-0.2, -0.15) is 0 Å². The van der Waals surface area contributed by atoms with Crippen molar-refractivity contribution in [2.45, 2.75) is 20.2 Å². The molecule has 0 aliphatic carbocycles. The Morgan fingerprint density at radius 1 is 1.21 bits per heavy atom. The van der Waals surface area contributed by atoms with Gasteiger partial charge in [-0.15, -0.1) is 13.2 Å². The summed E-state index contributed by atoms with van der Waals surface area (Å²) in [4.78, 5) is 0. The van der Waals surface area contributed by atoms with Crippen LogP contribution in [-0.2, 0) is 0 Å². The maximum Gasteiger partial charge on any atom is 0.573 e. The fourth-order valence-corrected chi connectivity index (χ4v) is 1.00. The average Bonchev–Trinajstić information content (AvgIpc) is 2.01. The van der Waals surface area contributed by atoms with E-state index in [1.165, 1.54) is 18.2 Å². The Hall–Kier alpha value is -1.19. The third-order valence-corrected chi connectivity index (χ3v) is 1.64. The molecular formula is C10H10F3O. The highest BCUT2D eigenvalue weighted by Crippen LogP contribution is 2.25. The van der Waals surface area contributed by atoms with E-state index in [0.717, 1.165) is 11.5 Å². The Labute approximate surface area is 80.5 Å². The normalized spacial score (nSPS) is 11.9. The second-order valence-corrected chi connectivity index (χ2v) is 3.08. The van der Waals surface area contributed by atoms with Crippen molar-refractivity contribution in [3.63, 3.8) is 0 Å². The number of rotatable bonds is 2. The summed E-state index contributed by atoms with van der Waals surface area (Å²) >= 11 is 0. The van der Waals surface area contributed by atoms with Crippen molar-refractivity contribution in [3.8, 4) is 5.75 Å². The van der Waals surface area contributed by atoms with Crippen molar-refractivity contribution in [3.05, 3.63) is 35.7 Å². The highest BCUT2D eigenvalue weighted by atomic mass is 19.4. The average molecular weight is 203 g/mol. The molecule has 14 heavy (non-hydrogen) atoms. The molecule has 4 heteroatoms. The molecule has 0 bridgehead atoms. The first kappa shape index (κ1) is 10.9. The van der Waals surface area contributed by atoms with Crippen LogP contribution in [0, 0.1) is 5.92 Å². The summed E-state index contributed by atoms with van der Waals surface area (Å²) in [7, 11) is 0. The molecule has 1 radical (unpaired) electrons. The highest BCUT2D eigenvalue weighted by Gasteiger charge is 2.31. The van der Waals surface area contributed by atoms with E-state index in [1.54, 1.807) is 6.07 Å². The second kappa shape index (κ2) is 3.90. The van der Waals surface area contributed by atoms with Gasteiger partial charge in [-0.25, -0.2) is 0 Å². The minimum Gasteiger partial charge on any atom is -0.406 e. The smallest absolute Gasteiger partial charge is 0.406 e. The van der Waals surface area contributed by atoms with Crippen molar-refractivity contribution in [1.29, 1.82) is 0 Å². The van der Waals surface area contributed by atoms with E-state index in [2.05, 4.69) is 4.74 Å². The zero-order chi connectivity index (χ0) is 10.8. The van der Waals surface area contributed by atoms with Crippen LogP contribution in [0.2, 0.25) is 0 Å². The summed E-state index contributed by atoms with van der Waals surface area (Å²) in [5, 5.41) is 0. The van der Waals surface area contributed by atoms with Crippen LogP contribution in [0.3, 0.4) is 0 Å². The molecule has 0 N–H and O–H groups in total. The summed E-state index contributed by atoms with van der Waals surface area (Å²) in [5.74, 6) is 0.758. The first-order valence-electron chi connectivity index (χ1n) is 4.05. The van der Waals surface area contributed by atoms with E-state index in [9.17, 15) is 13.2 Å². The lowest BCUT2D eigenvalue weighted by Crippen LogP contribution is -2.17. The molecule has 0 fully saturated rings. The maximum atomic E-state index is 11.8. The van der Waals surface area contributed by atoms with Gasteiger partial charge in [0.25, 0.3) is 0 Å². The molecule has 0 saturated heterocycles. The molecule has 1 rings (SSSR count). The van der Waals surface area contributed by atoms with E-state index in [0.29, 0.717) is 0 Å². The van der Waals surface area contributed by atoms with E-state index < -0.39 is 6.36 Å². The van der Waals surface area contributed by atoms with E-state index >= 15 is 0 Å². The molecule has 0 atom stereocenters. The first-order chi connectivity index (χ1) is 6.38. The maximum absolute atomic E-state index is 11.8. The lowest BCUT2D eigenvalue weighted by Gasteiger charge is -2.11. The lowest BCUT2D eigenvalue weighted by molar-refractivity contribution is -0.274. The molecule has 77 valence electrons. The van der Waals surface area contributed by atoms with E-state index in [4.69, 9.17) is 0 Å². The van der Waals surface area contributed by atoms with Gasteiger partial charge in [-0.3, -0.25) is 0 Å². The molecule has 0 unspecified atom stereocenters. The minimum absolute atomic E-state index is 0.184. The quantitative estimate of drug-likeness (QED) is 0.714. The molecule has 1 aromatic carbocycles.